The molecule has 0 aliphatic carbocycles. The van der Waals surface area contributed by atoms with E-state index in [-0.39, 0.29) is 5.91 Å². The molecule has 1 N–H and O–H groups in total. The Balaban J connectivity index is 1.35. The second-order valence-electron chi connectivity index (χ2n) is 6.37. The van der Waals surface area contributed by atoms with Crippen molar-refractivity contribution < 1.29 is 4.79 Å². The first kappa shape index (κ1) is 17.9. The molecule has 25 heavy (non-hydrogen) atoms. The minimum Gasteiger partial charge on any atom is -0.351 e. The van der Waals surface area contributed by atoms with Gasteiger partial charge >= 0.3 is 0 Å². The van der Waals surface area contributed by atoms with E-state index >= 15 is 0 Å². The Labute approximate surface area is 154 Å². The Morgan fingerprint density at radius 2 is 1.56 bits per heavy atom. The van der Waals surface area contributed by atoms with E-state index in [1.807, 2.05) is 0 Å². The predicted octanol–water partition coefficient (Wildman–Crippen LogP) is 2.89. The summed E-state index contributed by atoms with van der Waals surface area (Å²) >= 11 is 5.84. The van der Waals surface area contributed by atoms with Gasteiger partial charge in [-0.05, 0) is 29.8 Å². The zero-order valence-electron chi connectivity index (χ0n) is 14.3. The molecular weight excluding hydrogens is 334 g/mol. The summed E-state index contributed by atoms with van der Waals surface area (Å²) in [4.78, 5) is 17.0. The molecule has 0 spiro atoms. The highest BCUT2D eigenvalue weighted by atomic mass is 35.5. The second-order valence-corrected chi connectivity index (χ2v) is 6.80. The molecule has 3 rings (SSSR count). The zero-order chi connectivity index (χ0) is 17.5. The summed E-state index contributed by atoms with van der Waals surface area (Å²) in [5, 5.41) is 3.62. The van der Waals surface area contributed by atoms with Crippen LogP contribution in [0.1, 0.15) is 15.9 Å². The summed E-state index contributed by atoms with van der Waals surface area (Å²) in [6.07, 6.45) is 0. The van der Waals surface area contributed by atoms with E-state index in [4.69, 9.17) is 11.6 Å². The van der Waals surface area contributed by atoms with Gasteiger partial charge in [-0.1, -0.05) is 41.9 Å². The lowest BCUT2D eigenvalue weighted by Gasteiger charge is -2.34. The maximum atomic E-state index is 12.1. The zero-order valence-corrected chi connectivity index (χ0v) is 15.1. The minimum absolute atomic E-state index is 0.0422. The van der Waals surface area contributed by atoms with Crippen molar-refractivity contribution in [3.8, 4) is 0 Å². The fourth-order valence-corrected chi connectivity index (χ4v) is 3.17. The topological polar surface area (TPSA) is 35.6 Å². The number of carbonyl (C=O) groups is 1. The molecule has 1 aliphatic rings. The molecule has 1 fully saturated rings. The quantitative estimate of drug-likeness (QED) is 0.863. The number of hydrogen-bond acceptors (Lipinski definition) is 3. The number of amides is 1. The van der Waals surface area contributed by atoms with E-state index in [1.54, 1.807) is 24.3 Å². The van der Waals surface area contributed by atoms with Crippen LogP contribution in [0.2, 0.25) is 5.02 Å². The van der Waals surface area contributed by atoms with Crippen LogP contribution in [0, 0.1) is 0 Å². The lowest BCUT2D eigenvalue weighted by atomic mass is 10.2. The predicted molar refractivity (Wildman–Crippen MR) is 102 cm³/mol. The van der Waals surface area contributed by atoms with Crippen LogP contribution in [0.15, 0.2) is 54.6 Å². The van der Waals surface area contributed by atoms with Crippen molar-refractivity contribution in [3.05, 3.63) is 70.7 Å². The van der Waals surface area contributed by atoms with Crippen LogP contribution in [-0.4, -0.2) is 55.0 Å². The van der Waals surface area contributed by atoms with E-state index in [0.717, 1.165) is 39.3 Å². The number of rotatable bonds is 6. The Bertz CT molecular complexity index is 667. The van der Waals surface area contributed by atoms with E-state index < -0.39 is 0 Å². The molecule has 4 nitrogen and oxygen atoms in total. The molecule has 2 aromatic carbocycles. The number of piperazine rings is 1. The normalized spacial score (nSPS) is 15.9. The van der Waals surface area contributed by atoms with Gasteiger partial charge in [0, 0.05) is 56.4 Å². The Morgan fingerprint density at radius 1 is 0.920 bits per heavy atom. The molecule has 0 radical (unpaired) electrons. The maximum Gasteiger partial charge on any atom is 0.251 e. The number of hydrogen-bond donors (Lipinski definition) is 1. The van der Waals surface area contributed by atoms with Crippen LogP contribution < -0.4 is 5.32 Å². The number of nitrogens with one attached hydrogen (secondary N) is 1. The highest BCUT2D eigenvalue weighted by molar-refractivity contribution is 6.30. The lowest BCUT2D eigenvalue weighted by molar-refractivity contribution is 0.0934. The molecule has 0 aromatic heterocycles. The average molecular weight is 358 g/mol. The van der Waals surface area contributed by atoms with Crippen molar-refractivity contribution in [2.24, 2.45) is 0 Å². The summed E-state index contributed by atoms with van der Waals surface area (Å²) in [6, 6.07) is 17.6. The summed E-state index contributed by atoms with van der Waals surface area (Å²) in [7, 11) is 0. The van der Waals surface area contributed by atoms with Gasteiger partial charge in [0.1, 0.15) is 0 Å². The number of carbonyl (C=O) groups excluding carboxylic acids is 1. The molecule has 1 aliphatic heterocycles. The number of benzene rings is 2. The highest BCUT2D eigenvalue weighted by Gasteiger charge is 2.16. The number of nitrogens with zero attached hydrogens (tertiary/aromatic N) is 2. The summed E-state index contributed by atoms with van der Waals surface area (Å²) < 4.78 is 0. The molecule has 1 saturated heterocycles. The van der Waals surface area contributed by atoms with Gasteiger partial charge in [0.2, 0.25) is 0 Å². The van der Waals surface area contributed by atoms with Crippen molar-refractivity contribution in [1.29, 1.82) is 0 Å². The SMILES string of the molecule is O=C(NCCN1CCN(Cc2ccccc2)CC1)c1ccc(Cl)cc1. The van der Waals surface area contributed by atoms with E-state index in [0.29, 0.717) is 17.1 Å². The molecular formula is C20H24ClN3O. The van der Waals surface area contributed by atoms with Crippen molar-refractivity contribution in [2.75, 3.05) is 39.3 Å². The highest BCUT2D eigenvalue weighted by Crippen LogP contribution is 2.10. The van der Waals surface area contributed by atoms with Crippen LogP contribution in [0.3, 0.4) is 0 Å². The molecule has 1 amide bonds. The standard InChI is InChI=1S/C20H24ClN3O/c21-19-8-6-18(7-9-19)20(25)22-10-11-23-12-14-24(15-13-23)16-17-4-2-1-3-5-17/h1-9H,10-16H2,(H,22,25). The Morgan fingerprint density at radius 3 is 2.24 bits per heavy atom. The van der Waals surface area contributed by atoms with E-state index in [2.05, 4.69) is 45.4 Å². The smallest absolute Gasteiger partial charge is 0.251 e. The molecule has 132 valence electrons. The molecule has 2 aromatic rings. The third kappa shape index (κ3) is 5.56. The minimum atomic E-state index is -0.0422. The fraction of sp³-hybridized carbons (Fsp3) is 0.350. The van der Waals surface area contributed by atoms with E-state index in [1.165, 1.54) is 5.56 Å². The van der Waals surface area contributed by atoms with Gasteiger partial charge in [-0.2, -0.15) is 0 Å². The molecule has 0 atom stereocenters. The molecule has 0 unspecified atom stereocenters. The first-order valence-electron chi connectivity index (χ1n) is 8.73. The van der Waals surface area contributed by atoms with Gasteiger partial charge in [0.15, 0.2) is 0 Å². The second kappa shape index (κ2) is 8.99. The molecule has 0 bridgehead atoms. The van der Waals surface area contributed by atoms with Gasteiger partial charge in [-0.25, -0.2) is 0 Å². The van der Waals surface area contributed by atoms with Gasteiger partial charge in [-0.15, -0.1) is 0 Å². The maximum absolute atomic E-state index is 12.1. The lowest BCUT2D eigenvalue weighted by Crippen LogP contribution is -2.48. The van der Waals surface area contributed by atoms with Gasteiger partial charge in [-0.3, -0.25) is 14.6 Å². The first-order valence-corrected chi connectivity index (χ1v) is 9.11. The van der Waals surface area contributed by atoms with Gasteiger partial charge in [0.05, 0.1) is 0 Å². The van der Waals surface area contributed by atoms with Crippen LogP contribution in [0.4, 0.5) is 0 Å². The average Bonchev–Trinajstić information content (AvgIpc) is 2.64. The van der Waals surface area contributed by atoms with Crippen LogP contribution in [-0.2, 0) is 6.54 Å². The summed E-state index contributed by atoms with van der Waals surface area (Å²) in [6.45, 7) is 6.80. The first-order chi connectivity index (χ1) is 12.2. The van der Waals surface area contributed by atoms with Crippen LogP contribution in [0.25, 0.3) is 0 Å². The largest absolute Gasteiger partial charge is 0.351 e. The summed E-state index contributed by atoms with van der Waals surface area (Å²) in [5.74, 6) is -0.0422. The molecule has 0 saturated carbocycles. The molecule has 5 heteroatoms. The fourth-order valence-electron chi connectivity index (χ4n) is 3.04. The van der Waals surface area contributed by atoms with Crippen molar-refractivity contribution in [2.45, 2.75) is 6.54 Å². The Kier molecular flexibility index (Phi) is 6.45. The Hall–Kier alpha value is -1.88. The van der Waals surface area contributed by atoms with Crippen LogP contribution in [0.5, 0.6) is 0 Å². The van der Waals surface area contributed by atoms with Gasteiger partial charge < -0.3 is 5.32 Å². The third-order valence-electron chi connectivity index (χ3n) is 4.53. The number of halogens is 1. The van der Waals surface area contributed by atoms with Crippen LogP contribution >= 0.6 is 11.6 Å². The van der Waals surface area contributed by atoms with Crippen molar-refractivity contribution >= 4 is 17.5 Å². The van der Waals surface area contributed by atoms with Gasteiger partial charge in [0.25, 0.3) is 5.91 Å². The van der Waals surface area contributed by atoms with Crippen molar-refractivity contribution in [3.63, 3.8) is 0 Å². The van der Waals surface area contributed by atoms with Crippen molar-refractivity contribution in [1.82, 2.24) is 15.1 Å². The molecule has 1 heterocycles. The third-order valence-corrected chi connectivity index (χ3v) is 4.79. The van der Waals surface area contributed by atoms with E-state index in [9.17, 15) is 4.79 Å². The summed E-state index contributed by atoms with van der Waals surface area (Å²) in [5.41, 5.74) is 2.02. The monoisotopic (exact) mass is 357 g/mol.